The zero-order chi connectivity index (χ0) is 25.2. The highest BCUT2D eigenvalue weighted by Gasteiger charge is 2.35. The van der Waals surface area contributed by atoms with Crippen LogP contribution in [0, 0.1) is 5.92 Å². The van der Waals surface area contributed by atoms with Crippen molar-refractivity contribution >= 4 is 21.9 Å². The summed E-state index contributed by atoms with van der Waals surface area (Å²) in [6.07, 6.45) is 0.671. The van der Waals surface area contributed by atoms with Crippen molar-refractivity contribution in [2.24, 2.45) is 5.92 Å². The second-order valence-corrected chi connectivity index (χ2v) is 11.7. The zero-order valence-corrected chi connectivity index (χ0v) is 21.5. The van der Waals surface area contributed by atoms with E-state index >= 15 is 0 Å². The van der Waals surface area contributed by atoms with Crippen LogP contribution >= 0.6 is 0 Å². The lowest BCUT2D eigenvalue weighted by molar-refractivity contribution is -0.163. The van der Waals surface area contributed by atoms with E-state index in [1.54, 1.807) is 24.0 Å². The van der Waals surface area contributed by atoms with Gasteiger partial charge in [-0.3, -0.25) is 9.59 Å². The smallest absolute Gasteiger partial charge is 0.309 e. The fourth-order valence-corrected chi connectivity index (χ4v) is 6.24. The molecule has 7 nitrogen and oxygen atoms in total. The molecule has 0 spiro atoms. The van der Waals surface area contributed by atoms with E-state index in [4.69, 9.17) is 4.74 Å². The number of piperidine rings is 1. The van der Waals surface area contributed by atoms with E-state index in [0.29, 0.717) is 31.8 Å². The first-order valence-electron chi connectivity index (χ1n) is 12.3. The average molecular weight is 499 g/mol. The minimum Gasteiger partial charge on any atom is -0.452 e. The first-order chi connectivity index (χ1) is 16.7. The molecule has 2 aliphatic heterocycles. The number of sulfonamides is 1. The maximum Gasteiger partial charge on any atom is 0.309 e. The maximum atomic E-state index is 13.0. The quantitative estimate of drug-likeness (QED) is 0.567. The van der Waals surface area contributed by atoms with Gasteiger partial charge >= 0.3 is 5.97 Å². The molecule has 0 aromatic heterocycles. The fraction of sp³-hybridized carbons (Fsp3) is 0.481. The number of rotatable bonds is 6. The Kier molecular flexibility index (Phi) is 7.62. The molecule has 2 aliphatic rings. The average Bonchev–Trinajstić information content (AvgIpc) is 2.88. The molecule has 1 atom stereocenters. The summed E-state index contributed by atoms with van der Waals surface area (Å²) >= 11 is 0. The zero-order valence-electron chi connectivity index (χ0n) is 20.6. The lowest BCUT2D eigenvalue weighted by atomic mass is 9.98. The molecule has 188 valence electrons. The molecule has 4 rings (SSSR count). The van der Waals surface area contributed by atoms with Gasteiger partial charge in [0.25, 0.3) is 5.91 Å². The number of esters is 1. The predicted octanol–water partition coefficient (Wildman–Crippen LogP) is 3.73. The van der Waals surface area contributed by atoms with Crippen LogP contribution in [-0.4, -0.2) is 55.2 Å². The van der Waals surface area contributed by atoms with Gasteiger partial charge < -0.3 is 9.64 Å². The van der Waals surface area contributed by atoms with Crippen LogP contribution in [0.15, 0.2) is 53.4 Å². The number of ether oxygens (including phenoxy) is 1. The van der Waals surface area contributed by atoms with Crippen molar-refractivity contribution in [2.75, 3.05) is 19.6 Å². The monoisotopic (exact) mass is 498 g/mol. The predicted molar refractivity (Wildman–Crippen MR) is 133 cm³/mol. The Morgan fingerprint density at radius 2 is 1.54 bits per heavy atom. The van der Waals surface area contributed by atoms with Crippen LogP contribution in [0.3, 0.4) is 0 Å². The molecule has 1 saturated heterocycles. The van der Waals surface area contributed by atoms with Crippen molar-refractivity contribution in [3.05, 3.63) is 65.2 Å². The van der Waals surface area contributed by atoms with E-state index < -0.39 is 28.0 Å². The van der Waals surface area contributed by atoms with E-state index in [2.05, 4.69) is 19.9 Å². The second-order valence-electron chi connectivity index (χ2n) is 9.76. The Morgan fingerprint density at radius 3 is 2.17 bits per heavy atom. The summed E-state index contributed by atoms with van der Waals surface area (Å²) in [5.41, 5.74) is 3.46. The van der Waals surface area contributed by atoms with Gasteiger partial charge in [-0.2, -0.15) is 4.31 Å². The highest BCUT2D eigenvalue weighted by atomic mass is 32.2. The maximum absolute atomic E-state index is 13.0. The van der Waals surface area contributed by atoms with Crippen LogP contribution in [0.25, 0.3) is 0 Å². The van der Waals surface area contributed by atoms with E-state index in [9.17, 15) is 18.0 Å². The molecule has 2 aromatic carbocycles. The van der Waals surface area contributed by atoms with Gasteiger partial charge in [0, 0.05) is 26.2 Å². The Morgan fingerprint density at radius 1 is 0.914 bits per heavy atom. The molecule has 0 aliphatic carbocycles. The Labute approximate surface area is 208 Å². The minimum atomic E-state index is -3.61. The highest BCUT2D eigenvalue weighted by molar-refractivity contribution is 7.89. The largest absolute Gasteiger partial charge is 0.452 e. The Balaban J connectivity index is 1.30. The van der Waals surface area contributed by atoms with E-state index in [1.165, 1.54) is 9.87 Å². The molecule has 1 fully saturated rings. The molecule has 1 unspecified atom stereocenters. The minimum absolute atomic E-state index is 0.197. The molecule has 35 heavy (non-hydrogen) atoms. The molecule has 1 amide bonds. The molecule has 0 radical (unpaired) electrons. The van der Waals surface area contributed by atoms with Gasteiger partial charge in [0.15, 0.2) is 6.10 Å². The third-order valence-electron chi connectivity index (χ3n) is 7.05. The lowest BCUT2D eigenvalue weighted by Crippen LogP contribution is -2.44. The number of nitrogens with zero attached hydrogens (tertiary/aromatic N) is 2. The number of amides is 1. The second kappa shape index (κ2) is 10.5. The number of fused-ring (bicyclic) bond motifs is 1. The van der Waals surface area contributed by atoms with Crippen molar-refractivity contribution in [2.45, 2.75) is 63.5 Å². The number of benzene rings is 2. The van der Waals surface area contributed by atoms with Crippen LogP contribution in [0.4, 0.5) is 0 Å². The third kappa shape index (κ3) is 5.59. The van der Waals surface area contributed by atoms with Gasteiger partial charge in [0.1, 0.15) is 0 Å². The van der Waals surface area contributed by atoms with Crippen molar-refractivity contribution in [1.82, 2.24) is 9.21 Å². The SMILES string of the molecule is CC(OC(=O)C1CCN(S(=O)(=O)c2ccc(C(C)C)cc2)CC1)C(=O)N1CCc2ccccc2C1. The van der Waals surface area contributed by atoms with Gasteiger partial charge in [0.05, 0.1) is 10.8 Å². The molecule has 2 aromatic rings. The van der Waals surface area contributed by atoms with Gasteiger partial charge in [0.2, 0.25) is 10.0 Å². The lowest BCUT2D eigenvalue weighted by Gasteiger charge is -2.32. The summed E-state index contributed by atoms with van der Waals surface area (Å²) in [5.74, 6) is -0.713. The summed E-state index contributed by atoms with van der Waals surface area (Å²) in [6, 6.07) is 15.1. The first kappa shape index (κ1) is 25.4. The van der Waals surface area contributed by atoms with E-state index in [1.807, 2.05) is 30.3 Å². The number of carbonyl (C=O) groups is 2. The van der Waals surface area contributed by atoms with Crippen LogP contribution in [0.1, 0.15) is 56.2 Å². The summed E-state index contributed by atoms with van der Waals surface area (Å²) in [7, 11) is -3.61. The fourth-order valence-electron chi connectivity index (χ4n) is 4.77. The number of hydrogen-bond donors (Lipinski definition) is 0. The van der Waals surface area contributed by atoms with Gasteiger partial charge in [-0.05, 0) is 60.9 Å². The van der Waals surface area contributed by atoms with Crippen molar-refractivity contribution < 1.29 is 22.7 Å². The van der Waals surface area contributed by atoms with Crippen LogP contribution in [0.5, 0.6) is 0 Å². The third-order valence-corrected chi connectivity index (χ3v) is 8.97. The summed E-state index contributed by atoms with van der Waals surface area (Å²) in [5, 5.41) is 0. The summed E-state index contributed by atoms with van der Waals surface area (Å²) in [4.78, 5) is 27.7. The van der Waals surface area contributed by atoms with Crippen molar-refractivity contribution in [3.63, 3.8) is 0 Å². The molecule has 8 heteroatoms. The highest BCUT2D eigenvalue weighted by Crippen LogP contribution is 2.26. The standard InChI is InChI=1S/C27H34N2O5S/c1-19(2)21-8-10-25(11-9-21)35(32,33)29-16-13-23(14-17-29)27(31)34-20(3)26(30)28-15-12-22-6-4-5-7-24(22)18-28/h4-11,19-20,23H,12-18H2,1-3H3. The topological polar surface area (TPSA) is 84.0 Å². The number of hydrogen-bond acceptors (Lipinski definition) is 5. The summed E-state index contributed by atoms with van der Waals surface area (Å²) in [6.45, 7) is 7.36. The Bertz CT molecular complexity index is 1170. The van der Waals surface area contributed by atoms with Gasteiger partial charge in [-0.1, -0.05) is 50.2 Å². The number of carbonyl (C=O) groups excluding carboxylic acids is 2. The first-order valence-corrected chi connectivity index (χ1v) is 13.8. The molecule has 0 saturated carbocycles. The van der Waals surface area contributed by atoms with Gasteiger partial charge in [-0.15, -0.1) is 0 Å². The van der Waals surface area contributed by atoms with Crippen LogP contribution in [-0.2, 0) is 37.3 Å². The van der Waals surface area contributed by atoms with Crippen LogP contribution < -0.4 is 0 Å². The van der Waals surface area contributed by atoms with Crippen LogP contribution in [0.2, 0.25) is 0 Å². The van der Waals surface area contributed by atoms with E-state index in [-0.39, 0.29) is 23.9 Å². The molecular weight excluding hydrogens is 464 g/mol. The van der Waals surface area contributed by atoms with Gasteiger partial charge in [-0.25, -0.2) is 8.42 Å². The normalized spacial score (nSPS) is 18.2. The Hall–Kier alpha value is -2.71. The van der Waals surface area contributed by atoms with Crippen molar-refractivity contribution in [1.29, 1.82) is 0 Å². The molecule has 0 bridgehead atoms. The molecule has 0 N–H and O–H groups in total. The molecule has 2 heterocycles. The van der Waals surface area contributed by atoms with Crippen molar-refractivity contribution in [3.8, 4) is 0 Å². The van der Waals surface area contributed by atoms with E-state index in [0.717, 1.165) is 17.5 Å². The molecular formula is C27H34N2O5S. The summed E-state index contributed by atoms with van der Waals surface area (Å²) < 4.78 is 33.0.